The third kappa shape index (κ3) is 2.76. The zero-order valence-corrected chi connectivity index (χ0v) is 11.7. The Morgan fingerprint density at radius 3 is 2.67 bits per heavy atom. The third-order valence-electron chi connectivity index (χ3n) is 2.92. The number of anilines is 1. The molecule has 1 aromatic carbocycles. The van der Waals surface area contributed by atoms with Gasteiger partial charge in [-0.05, 0) is 38.1 Å². The minimum absolute atomic E-state index is 0.136. The van der Waals surface area contributed by atoms with Gasteiger partial charge in [-0.25, -0.2) is 0 Å². The number of fused-ring (bicyclic) bond motifs is 1. The van der Waals surface area contributed by atoms with Crippen LogP contribution in [0.15, 0.2) is 29.2 Å². The van der Waals surface area contributed by atoms with Crippen LogP contribution in [0.2, 0.25) is 0 Å². The number of pyridine rings is 1. The molecule has 0 aliphatic heterocycles. The summed E-state index contributed by atoms with van der Waals surface area (Å²) in [5.41, 5.74) is 8.50. The quantitative estimate of drug-likeness (QED) is 0.659. The van der Waals surface area contributed by atoms with Gasteiger partial charge in [0.15, 0.2) is 0 Å². The maximum absolute atomic E-state index is 9.62. The Hall–Kier alpha value is -1.26. The van der Waals surface area contributed by atoms with Crippen LogP contribution in [0.5, 0.6) is 0 Å². The molecule has 2 rings (SSSR count). The summed E-state index contributed by atoms with van der Waals surface area (Å²) < 4.78 is 0. The molecule has 0 spiro atoms. The molecule has 4 heteroatoms. The van der Waals surface area contributed by atoms with Gasteiger partial charge >= 0.3 is 0 Å². The van der Waals surface area contributed by atoms with Crippen LogP contribution in [0.4, 0.5) is 5.69 Å². The Morgan fingerprint density at radius 1 is 1.28 bits per heavy atom. The van der Waals surface area contributed by atoms with E-state index in [1.54, 1.807) is 11.8 Å². The number of hydrogen-bond donors (Lipinski definition) is 2. The van der Waals surface area contributed by atoms with Gasteiger partial charge in [-0.3, -0.25) is 4.98 Å². The lowest BCUT2D eigenvalue weighted by atomic mass is 10.2. The van der Waals surface area contributed by atoms with Crippen LogP contribution in [0, 0.1) is 6.92 Å². The van der Waals surface area contributed by atoms with Crippen molar-refractivity contribution in [1.29, 1.82) is 0 Å². The summed E-state index contributed by atoms with van der Waals surface area (Å²) >= 11 is 1.66. The lowest BCUT2D eigenvalue weighted by Gasteiger charge is -2.16. The average Bonchev–Trinajstić information content (AvgIpc) is 2.29. The van der Waals surface area contributed by atoms with Crippen molar-refractivity contribution in [3.63, 3.8) is 0 Å². The molecular weight excluding hydrogens is 244 g/mol. The molecular formula is C14H18N2OS. The van der Waals surface area contributed by atoms with E-state index in [-0.39, 0.29) is 11.4 Å². The standard InChI is InChI=1S/C14H18N2OS/c1-8-6-14(18-10(3)9(2)17)12-7-11(15)4-5-13(12)16-8/h4-7,9-10,17H,15H2,1-3H3. The number of nitrogens with two attached hydrogens (primary N) is 1. The monoisotopic (exact) mass is 262 g/mol. The molecule has 0 amide bonds. The van der Waals surface area contributed by atoms with E-state index in [1.807, 2.05) is 45.0 Å². The van der Waals surface area contributed by atoms with Gasteiger partial charge in [0.05, 0.1) is 11.6 Å². The van der Waals surface area contributed by atoms with Crippen LogP contribution in [0.1, 0.15) is 19.5 Å². The Bertz CT molecular complexity index is 569. The summed E-state index contributed by atoms with van der Waals surface area (Å²) in [6, 6.07) is 7.79. The molecule has 3 N–H and O–H groups in total. The fourth-order valence-corrected chi connectivity index (χ4v) is 2.86. The first-order valence-electron chi connectivity index (χ1n) is 5.99. The van der Waals surface area contributed by atoms with Crippen LogP contribution in [0.3, 0.4) is 0 Å². The van der Waals surface area contributed by atoms with Crippen LogP contribution >= 0.6 is 11.8 Å². The van der Waals surface area contributed by atoms with Crippen LogP contribution in [-0.4, -0.2) is 21.4 Å². The molecule has 2 unspecified atom stereocenters. The second-order valence-electron chi connectivity index (χ2n) is 4.60. The summed E-state index contributed by atoms with van der Waals surface area (Å²) in [5, 5.41) is 10.8. The van der Waals surface area contributed by atoms with E-state index < -0.39 is 0 Å². The SMILES string of the molecule is Cc1cc(SC(C)C(C)O)c2cc(N)ccc2n1. The van der Waals surface area contributed by atoms with E-state index in [2.05, 4.69) is 4.98 Å². The van der Waals surface area contributed by atoms with E-state index >= 15 is 0 Å². The average molecular weight is 262 g/mol. The zero-order chi connectivity index (χ0) is 13.3. The Labute approximate surface area is 111 Å². The van der Waals surface area contributed by atoms with Gasteiger partial charge in [0.1, 0.15) is 0 Å². The van der Waals surface area contributed by atoms with Gasteiger partial charge in [-0.15, -0.1) is 11.8 Å². The molecule has 0 aliphatic carbocycles. The number of rotatable bonds is 3. The van der Waals surface area contributed by atoms with Gasteiger partial charge in [0, 0.05) is 26.9 Å². The lowest BCUT2D eigenvalue weighted by molar-refractivity contribution is 0.196. The van der Waals surface area contributed by atoms with Gasteiger partial charge in [-0.1, -0.05) is 6.92 Å². The fraction of sp³-hybridized carbons (Fsp3) is 0.357. The van der Waals surface area contributed by atoms with Crippen molar-refractivity contribution in [3.05, 3.63) is 30.0 Å². The summed E-state index contributed by atoms with van der Waals surface area (Å²) in [7, 11) is 0. The van der Waals surface area contributed by atoms with Gasteiger partial charge in [0.25, 0.3) is 0 Å². The highest BCUT2D eigenvalue weighted by Gasteiger charge is 2.13. The number of benzene rings is 1. The summed E-state index contributed by atoms with van der Waals surface area (Å²) in [4.78, 5) is 5.62. The highest BCUT2D eigenvalue weighted by molar-refractivity contribution is 8.00. The molecule has 0 radical (unpaired) electrons. The Morgan fingerprint density at radius 2 is 2.00 bits per heavy atom. The number of hydrogen-bond acceptors (Lipinski definition) is 4. The molecule has 0 fully saturated rings. The minimum Gasteiger partial charge on any atom is -0.399 e. The molecule has 3 nitrogen and oxygen atoms in total. The van der Waals surface area contributed by atoms with Gasteiger partial charge in [0.2, 0.25) is 0 Å². The predicted molar refractivity (Wildman–Crippen MR) is 77.9 cm³/mol. The normalized spacial score (nSPS) is 14.7. The van der Waals surface area contributed by atoms with E-state index in [0.29, 0.717) is 0 Å². The topological polar surface area (TPSA) is 59.1 Å². The molecule has 18 heavy (non-hydrogen) atoms. The van der Waals surface area contributed by atoms with E-state index in [4.69, 9.17) is 5.73 Å². The molecule has 0 saturated carbocycles. The van der Waals surface area contributed by atoms with Gasteiger partial charge < -0.3 is 10.8 Å². The number of thioether (sulfide) groups is 1. The molecule has 2 aromatic rings. The second-order valence-corrected chi connectivity index (χ2v) is 6.02. The van der Waals surface area contributed by atoms with Crippen LogP contribution in [-0.2, 0) is 0 Å². The first kappa shape index (κ1) is 13.2. The van der Waals surface area contributed by atoms with Crippen LogP contribution < -0.4 is 5.73 Å². The molecule has 0 bridgehead atoms. The summed E-state index contributed by atoms with van der Waals surface area (Å²) in [6.07, 6.45) is -0.348. The molecule has 1 aromatic heterocycles. The smallest absolute Gasteiger partial charge is 0.0717 e. The maximum Gasteiger partial charge on any atom is 0.0717 e. The molecule has 2 atom stereocenters. The third-order valence-corrected chi connectivity index (χ3v) is 4.27. The van der Waals surface area contributed by atoms with E-state index in [1.165, 1.54) is 0 Å². The molecule has 0 saturated heterocycles. The zero-order valence-electron chi connectivity index (χ0n) is 10.8. The largest absolute Gasteiger partial charge is 0.399 e. The minimum atomic E-state index is -0.348. The predicted octanol–water partition coefficient (Wildman–Crippen LogP) is 2.99. The molecule has 0 aliphatic rings. The van der Waals surface area contributed by atoms with E-state index in [0.717, 1.165) is 27.2 Å². The Kier molecular flexibility index (Phi) is 3.78. The van der Waals surface area contributed by atoms with Crippen molar-refractivity contribution in [2.24, 2.45) is 0 Å². The highest BCUT2D eigenvalue weighted by Crippen LogP contribution is 2.32. The number of aliphatic hydroxyl groups is 1. The van der Waals surface area contributed by atoms with Crippen molar-refractivity contribution < 1.29 is 5.11 Å². The van der Waals surface area contributed by atoms with Crippen LogP contribution in [0.25, 0.3) is 10.9 Å². The lowest BCUT2D eigenvalue weighted by Crippen LogP contribution is -2.14. The Balaban J connectivity index is 2.51. The first-order valence-corrected chi connectivity index (χ1v) is 6.87. The van der Waals surface area contributed by atoms with Crippen molar-refractivity contribution in [2.45, 2.75) is 37.0 Å². The molecule has 1 heterocycles. The number of aryl methyl sites for hydroxylation is 1. The van der Waals surface area contributed by atoms with Crippen molar-refractivity contribution in [3.8, 4) is 0 Å². The number of nitrogens with zero attached hydrogens (tertiary/aromatic N) is 1. The maximum atomic E-state index is 9.62. The number of aliphatic hydroxyl groups excluding tert-OH is 1. The van der Waals surface area contributed by atoms with E-state index in [9.17, 15) is 5.11 Å². The summed E-state index contributed by atoms with van der Waals surface area (Å²) in [5.74, 6) is 0. The first-order chi connectivity index (χ1) is 8.47. The fourth-order valence-electron chi connectivity index (χ4n) is 1.73. The summed E-state index contributed by atoms with van der Waals surface area (Å²) in [6.45, 7) is 5.80. The van der Waals surface area contributed by atoms with Crippen molar-refractivity contribution in [1.82, 2.24) is 4.98 Å². The highest BCUT2D eigenvalue weighted by atomic mass is 32.2. The van der Waals surface area contributed by atoms with Crippen molar-refractivity contribution >= 4 is 28.4 Å². The second kappa shape index (κ2) is 5.16. The van der Waals surface area contributed by atoms with Gasteiger partial charge in [-0.2, -0.15) is 0 Å². The number of aromatic nitrogens is 1. The van der Waals surface area contributed by atoms with Crippen molar-refractivity contribution in [2.75, 3.05) is 5.73 Å². The number of nitrogen functional groups attached to an aromatic ring is 1. The molecule has 96 valence electrons.